The highest BCUT2D eigenvalue weighted by Crippen LogP contribution is 2.37. The molecule has 0 aromatic heterocycles. The summed E-state index contributed by atoms with van der Waals surface area (Å²) in [5.74, 6) is -0.962. The second-order valence-electron chi connectivity index (χ2n) is 11.0. The Labute approximate surface area is 235 Å². The van der Waals surface area contributed by atoms with Gasteiger partial charge in [0.25, 0.3) is 0 Å². The van der Waals surface area contributed by atoms with E-state index in [1.807, 2.05) is 51.1 Å². The van der Waals surface area contributed by atoms with Gasteiger partial charge in [-0.05, 0) is 60.4 Å². The normalized spacial score (nSPS) is 16.8. The van der Waals surface area contributed by atoms with E-state index >= 15 is 0 Å². The van der Waals surface area contributed by atoms with E-state index < -0.39 is 31.2 Å². The Hall–Kier alpha value is -3.46. The maximum absolute atomic E-state index is 13.7. The number of hydrogen-bond donors (Lipinski definition) is 4. The van der Waals surface area contributed by atoms with Crippen molar-refractivity contribution < 1.29 is 33.3 Å². The van der Waals surface area contributed by atoms with E-state index in [0.29, 0.717) is 43.5 Å². The molecule has 0 aliphatic carbocycles. The van der Waals surface area contributed by atoms with E-state index in [1.54, 1.807) is 24.0 Å². The van der Waals surface area contributed by atoms with Crippen molar-refractivity contribution in [3.05, 3.63) is 71.8 Å². The van der Waals surface area contributed by atoms with Crippen LogP contribution in [0.3, 0.4) is 0 Å². The van der Waals surface area contributed by atoms with Gasteiger partial charge in [0.05, 0.1) is 0 Å². The number of carbonyl (C=O) groups is 3. The molecule has 0 saturated carbocycles. The molecule has 216 valence electrons. The number of carbonyl (C=O) groups excluding carboxylic acids is 3. The van der Waals surface area contributed by atoms with Gasteiger partial charge >= 0.3 is 7.82 Å². The van der Waals surface area contributed by atoms with Crippen LogP contribution in [-0.2, 0) is 25.4 Å². The first-order valence-electron chi connectivity index (χ1n) is 13.2. The molecule has 2 aromatic carbocycles. The molecule has 2 atom stereocenters. The van der Waals surface area contributed by atoms with Crippen molar-refractivity contribution >= 4 is 31.1 Å². The molecule has 1 heterocycles. The third kappa shape index (κ3) is 9.05. The molecule has 1 aliphatic rings. The predicted octanol–water partition coefficient (Wildman–Crippen LogP) is 3.44. The highest BCUT2D eigenvalue weighted by molar-refractivity contribution is 7.46. The first kappa shape index (κ1) is 31.1. The van der Waals surface area contributed by atoms with Crippen LogP contribution >= 0.6 is 7.82 Å². The van der Waals surface area contributed by atoms with Crippen molar-refractivity contribution in [3.63, 3.8) is 0 Å². The SMILES string of the molecule is C/C(=C\C(=O)N[C@H](C(=O)N1CCC[C@H]1C(=O)NCCc1ccccc1)C(C)(C)C)c1ccc(OP(=O)(O)O)cc1. The van der Waals surface area contributed by atoms with E-state index in [1.165, 1.54) is 18.2 Å². The molecule has 40 heavy (non-hydrogen) atoms. The number of likely N-dealkylation sites (tertiary alicyclic amines) is 1. The minimum absolute atomic E-state index is 0.00278. The van der Waals surface area contributed by atoms with Crippen LogP contribution in [0.25, 0.3) is 5.57 Å². The average molecular weight is 572 g/mol. The first-order chi connectivity index (χ1) is 18.7. The van der Waals surface area contributed by atoms with Gasteiger partial charge in [-0.3, -0.25) is 24.2 Å². The van der Waals surface area contributed by atoms with Gasteiger partial charge in [0, 0.05) is 19.2 Å². The van der Waals surface area contributed by atoms with Gasteiger partial charge in [-0.1, -0.05) is 63.2 Å². The number of nitrogens with zero attached hydrogens (tertiary/aromatic N) is 1. The Balaban J connectivity index is 1.65. The van der Waals surface area contributed by atoms with Gasteiger partial charge in [0.15, 0.2) is 0 Å². The fourth-order valence-electron chi connectivity index (χ4n) is 4.59. The monoisotopic (exact) mass is 571 g/mol. The fourth-order valence-corrected chi connectivity index (χ4v) is 4.99. The molecular formula is C29H38N3O7P. The summed E-state index contributed by atoms with van der Waals surface area (Å²) in [5, 5.41) is 5.79. The summed E-state index contributed by atoms with van der Waals surface area (Å²) in [6.45, 7) is 8.20. The number of benzene rings is 2. The zero-order chi connectivity index (χ0) is 29.5. The number of phosphoric ester groups is 1. The molecule has 0 bridgehead atoms. The number of allylic oxidation sites excluding steroid dienone is 1. The summed E-state index contributed by atoms with van der Waals surface area (Å²) < 4.78 is 15.6. The van der Waals surface area contributed by atoms with E-state index in [4.69, 9.17) is 9.79 Å². The van der Waals surface area contributed by atoms with Crippen LogP contribution < -0.4 is 15.2 Å². The van der Waals surface area contributed by atoms with Gasteiger partial charge in [0.1, 0.15) is 17.8 Å². The third-order valence-electron chi connectivity index (χ3n) is 6.68. The maximum atomic E-state index is 13.7. The quantitative estimate of drug-likeness (QED) is 0.253. The lowest BCUT2D eigenvalue weighted by Crippen LogP contribution is -2.57. The summed E-state index contributed by atoms with van der Waals surface area (Å²) in [6.07, 6.45) is 3.32. The second kappa shape index (κ2) is 13.3. The van der Waals surface area contributed by atoms with Gasteiger partial charge < -0.3 is 20.1 Å². The summed E-state index contributed by atoms with van der Waals surface area (Å²) in [4.78, 5) is 59.1. The van der Waals surface area contributed by atoms with Crippen LogP contribution in [0.2, 0.25) is 0 Å². The van der Waals surface area contributed by atoms with Gasteiger partial charge in [-0.25, -0.2) is 4.57 Å². The van der Waals surface area contributed by atoms with E-state index in [0.717, 1.165) is 5.56 Å². The number of hydrogen-bond acceptors (Lipinski definition) is 5. The lowest BCUT2D eigenvalue weighted by atomic mass is 9.85. The minimum atomic E-state index is -4.67. The zero-order valence-electron chi connectivity index (χ0n) is 23.3. The Bertz CT molecular complexity index is 1270. The van der Waals surface area contributed by atoms with Gasteiger partial charge in [-0.15, -0.1) is 0 Å². The topological polar surface area (TPSA) is 145 Å². The van der Waals surface area contributed by atoms with Crippen LogP contribution in [0.15, 0.2) is 60.7 Å². The molecule has 3 rings (SSSR count). The summed E-state index contributed by atoms with van der Waals surface area (Å²) in [5.41, 5.74) is 1.72. The second-order valence-corrected chi connectivity index (χ2v) is 12.1. The molecule has 0 radical (unpaired) electrons. The molecule has 1 fully saturated rings. The van der Waals surface area contributed by atoms with Crippen LogP contribution in [-0.4, -0.2) is 57.6 Å². The van der Waals surface area contributed by atoms with Crippen molar-refractivity contribution in [2.75, 3.05) is 13.1 Å². The molecule has 3 amide bonds. The van der Waals surface area contributed by atoms with Crippen molar-refractivity contribution in [1.29, 1.82) is 0 Å². The molecule has 2 aromatic rings. The molecular weight excluding hydrogens is 533 g/mol. The minimum Gasteiger partial charge on any atom is -0.404 e. The Morgan fingerprint density at radius 2 is 1.75 bits per heavy atom. The van der Waals surface area contributed by atoms with Crippen molar-refractivity contribution in [3.8, 4) is 5.75 Å². The number of amides is 3. The lowest BCUT2D eigenvalue weighted by molar-refractivity contribution is -0.143. The standard InChI is InChI=1S/C29H38N3O7P/c1-20(22-12-14-23(15-13-22)39-40(36,37)38)19-25(33)31-26(29(2,3)4)28(35)32-18-8-11-24(32)27(34)30-17-16-21-9-6-5-7-10-21/h5-7,9-10,12-15,19,24,26H,8,11,16-18H2,1-4H3,(H,30,34)(H,31,33)(H2,36,37,38)/b20-19+/t24-,26+/m0/s1. The largest absolute Gasteiger partial charge is 0.524 e. The number of rotatable bonds is 10. The van der Waals surface area contributed by atoms with Crippen LogP contribution in [0, 0.1) is 5.41 Å². The molecule has 0 spiro atoms. The van der Waals surface area contributed by atoms with Crippen molar-refractivity contribution in [2.45, 2.75) is 59.0 Å². The Morgan fingerprint density at radius 1 is 1.10 bits per heavy atom. The van der Waals surface area contributed by atoms with Crippen LogP contribution in [0.4, 0.5) is 0 Å². The molecule has 10 nitrogen and oxygen atoms in total. The highest BCUT2D eigenvalue weighted by Gasteiger charge is 2.41. The number of phosphoric acid groups is 1. The van der Waals surface area contributed by atoms with Gasteiger partial charge in [-0.2, -0.15) is 0 Å². The molecule has 0 unspecified atom stereocenters. The maximum Gasteiger partial charge on any atom is 0.524 e. The fraction of sp³-hybridized carbons (Fsp3) is 0.414. The molecule has 4 N–H and O–H groups in total. The lowest BCUT2D eigenvalue weighted by Gasteiger charge is -2.35. The first-order valence-corrected chi connectivity index (χ1v) is 14.7. The Kier molecular flexibility index (Phi) is 10.3. The van der Waals surface area contributed by atoms with Crippen LogP contribution in [0.5, 0.6) is 5.75 Å². The van der Waals surface area contributed by atoms with E-state index in [-0.39, 0.29) is 17.6 Å². The van der Waals surface area contributed by atoms with E-state index in [9.17, 15) is 18.9 Å². The van der Waals surface area contributed by atoms with E-state index in [2.05, 4.69) is 15.2 Å². The summed E-state index contributed by atoms with van der Waals surface area (Å²) >= 11 is 0. The smallest absolute Gasteiger partial charge is 0.404 e. The number of nitrogens with one attached hydrogen (secondary N) is 2. The summed E-state index contributed by atoms with van der Waals surface area (Å²) in [6, 6.07) is 14.3. The predicted molar refractivity (Wildman–Crippen MR) is 152 cm³/mol. The zero-order valence-corrected chi connectivity index (χ0v) is 24.2. The van der Waals surface area contributed by atoms with Crippen molar-refractivity contribution in [1.82, 2.24) is 15.5 Å². The molecule has 1 saturated heterocycles. The van der Waals surface area contributed by atoms with Crippen molar-refractivity contribution in [2.24, 2.45) is 5.41 Å². The highest BCUT2D eigenvalue weighted by atomic mass is 31.2. The summed E-state index contributed by atoms with van der Waals surface area (Å²) in [7, 11) is -4.67. The van der Waals surface area contributed by atoms with Crippen LogP contribution in [0.1, 0.15) is 51.7 Å². The third-order valence-corrected chi connectivity index (χ3v) is 7.12. The molecule has 11 heteroatoms. The average Bonchev–Trinajstić information content (AvgIpc) is 3.36. The van der Waals surface area contributed by atoms with Gasteiger partial charge in [0.2, 0.25) is 17.7 Å². The molecule has 1 aliphatic heterocycles. The Morgan fingerprint density at radius 3 is 2.35 bits per heavy atom.